The van der Waals surface area contributed by atoms with Crippen molar-refractivity contribution in [2.45, 2.75) is 465 Å². The van der Waals surface area contributed by atoms with Crippen molar-refractivity contribution in [3.05, 3.63) is 97.2 Å². The minimum Gasteiger partial charge on any atom is -0.394 e. The van der Waals surface area contributed by atoms with Crippen LogP contribution in [0.1, 0.15) is 361 Å². The fourth-order valence-corrected chi connectivity index (χ4v) is 15.1. The molecule has 0 saturated carbocycles. The zero-order chi connectivity index (χ0) is 81.7. The van der Waals surface area contributed by atoms with E-state index in [1.165, 1.54) is 250 Å². The molecule has 656 valence electrons. The first-order chi connectivity index (χ1) is 55.3. The highest BCUT2D eigenvalue weighted by Crippen LogP contribution is 2.34. The summed E-state index contributed by atoms with van der Waals surface area (Å²) in [5.41, 5.74) is 0. The summed E-state index contributed by atoms with van der Waals surface area (Å²) in [4.78, 5) is 13.5. The second-order valence-electron chi connectivity index (χ2n) is 32.4. The third kappa shape index (κ3) is 51.1. The molecule has 0 aliphatic carbocycles. The first-order valence-corrected chi connectivity index (χ1v) is 46.0. The Morgan fingerprint density at radius 2 is 0.619 bits per heavy atom. The molecule has 0 radical (unpaired) electrons. The molecular weight excluding hydrogens is 1430 g/mol. The van der Waals surface area contributed by atoms with Gasteiger partial charge in [0.05, 0.1) is 38.6 Å². The van der Waals surface area contributed by atoms with Gasteiger partial charge in [-0.2, -0.15) is 0 Å². The standard InChI is InChI=1S/C94H167NO18/c1-3-5-7-9-11-13-15-17-19-21-23-25-27-29-31-33-34-35-36-37-38-39-40-41-42-44-46-48-50-52-54-56-58-60-62-64-66-68-70-72-82(100)95-77(78(99)71-69-67-65-63-61-59-57-55-53-51-49-47-45-43-32-30-28-26-24-22-20-18-16-14-12-10-8-6-4-2)76-108-92-88(106)85(103)90(80(74-97)110-92)113-94-89(107)86(104)91(81(75-98)111-94)112-93-87(105)84(102)83(101)79(73-96)109-93/h5,7,11,13,17,19,23,25,29,31,34-35,61,63,69,71,77-81,83-94,96-99,101-107H,3-4,6,8-10,12,14-16,18,20-22,24,26-28,30,32-33,36-60,62,64-68,70,72-76H2,1-2H3,(H,95,100)/b7-5-,13-11-,19-17-,25-23-,31-29-,35-34-,63-61+,71-69+. The van der Waals surface area contributed by atoms with Crippen molar-refractivity contribution in [3.8, 4) is 0 Å². The molecule has 3 saturated heterocycles. The summed E-state index contributed by atoms with van der Waals surface area (Å²) in [5.74, 6) is -0.281. The number of ether oxygens (including phenoxy) is 6. The van der Waals surface area contributed by atoms with Crippen molar-refractivity contribution in [2.75, 3.05) is 26.4 Å². The Hall–Kier alpha value is -3.29. The lowest BCUT2D eigenvalue weighted by atomic mass is 9.96. The Morgan fingerprint density at radius 3 is 0.991 bits per heavy atom. The second-order valence-corrected chi connectivity index (χ2v) is 32.4. The molecule has 3 aliphatic heterocycles. The van der Waals surface area contributed by atoms with Crippen molar-refractivity contribution >= 4 is 5.91 Å². The summed E-state index contributed by atoms with van der Waals surface area (Å²) in [6.07, 6.45) is 74.2. The van der Waals surface area contributed by atoms with Gasteiger partial charge in [0, 0.05) is 6.42 Å². The number of allylic oxidation sites excluding steroid dienone is 15. The number of carbonyl (C=O) groups is 1. The molecule has 0 bridgehead atoms. The first-order valence-electron chi connectivity index (χ1n) is 46.0. The zero-order valence-corrected chi connectivity index (χ0v) is 70.8. The van der Waals surface area contributed by atoms with E-state index in [1.807, 2.05) is 6.08 Å². The lowest BCUT2D eigenvalue weighted by molar-refractivity contribution is -0.379. The van der Waals surface area contributed by atoms with Crippen LogP contribution in [0, 0.1) is 0 Å². The fraction of sp³-hybridized carbons (Fsp3) is 0.819. The third-order valence-corrected chi connectivity index (χ3v) is 22.4. The van der Waals surface area contributed by atoms with Gasteiger partial charge in [-0.15, -0.1) is 0 Å². The number of aliphatic hydroxyl groups is 11. The van der Waals surface area contributed by atoms with Crippen LogP contribution in [-0.2, 0) is 33.2 Å². The number of nitrogens with one attached hydrogen (secondary N) is 1. The lowest BCUT2D eigenvalue weighted by Crippen LogP contribution is -2.66. The topological polar surface area (TPSA) is 307 Å². The minimum absolute atomic E-state index is 0.235. The van der Waals surface area contributed by atoms with Crippen LogP contribution < -0.4 is 5.32 Å². The van der Waals surface area contributed by atoms with Gasteiger partial charge in [0.1, 0.15) is 73.2 Å². The minimum atomic E-state index is -1.98. The summed E-state index contributed by atoms with van der Waals surface area (Å²) >= 11 is 0. The molecule has 0 aromatic rings. The van der Waals surface area contributed by atoms with Crippen LogP contribution in [0.4, 0.5) is 0 Å². The Balaban J connectivity index is 1.32. The normalized spacial score (nSPS) is 25.3. The van der Waals surface area contributed by atoms with E-state index < -0.39 is 124 Å². The summed E-state index contributed by atoms with van der Waals surface area (Å²) < 4.78 is 34.5. The molecule has 3 rings (SSSR count). The van der Waals surface area contributed by atoms with E-state index >= 15 is 0 Å². The Labute approximate surface area is 685 Å². The predicted molar refractivity (Wildman–Crippen MR) is 457 cm³/mol. The number of amides is 1. The first kappa shape index (κ1) is 104. The summed E-state index contributed by atoms with van der Waals surface area (Å²) in [6.45, 7) is 1.65. The van der Waals surface area contributed by atoms with Crippen molar-refractivity contribution in [2.24, 2.45) is 0 Å². The maximum atomic E-state index is 13.5. The highest BCUT2D eigenvalue weighted by molar-refractivity contribution is 5.76. The zero-order valence-electron chi connectivity index (χ0n) is 70.8. The number of rotatable bonds is 74. The van der Waals surface area contributed by atoms with E-state index in [2.05, 4.69) is 104 Å². The van der Waals surface area contributed by atoms with Gasteiger partial charge in [-0.1, -0.05) is 368 Å². The van der Waals surface area contributed by atoms with E-state index in [9.17, 15) is 61.0 Å². The average molecular weight is 1600 g/mol. The van der Waals surface area contributed by atoms with Crippen LogP contribution in [0.3, 0.4) is 0 Å². The number of hydrogen-bond donors (Lipinski definition) is 12. The van der Waals surface area contributed by atoms with Crippen molar-refractivity contribution < 1.29 is 89.4 Å². The quantitative estimate of drug-likeness (QED) is 0.0199. The van der Waals surface area contributed by atoms with Crippen molar-refractivity contribution in [1.29, 1.82) is 0 Å². The van der Waals surface area contributed by atoms with E-state index in [1.54, 1.807) is 6.08 Å². The van der Waals surface area contributed by atoms with Gasteiger partial charge in [-0.3, -0.25) is 4.79 Å². The van der Waals surface area contributed by atoms with Crippen LogP contribution in [0.2, 0.25) is 0 Å². The number of aliphatic hydroxyl groups excluding tert-OH is 11. The van der Waals surface area contributed by atoms with Crippen molar-refractivity contribution in [1.82, 2.24) is 5.32 Å². The van der Waals surface area contributed by atoms with Gasteiger partial charge < -0.3 is 89.9 Å². The molecule has 0 aromatic heterocycles. The van der Waals surface area contributed by atoms with Gasteiger partial charge in [-0.05, 0) is 83.5 Å². The van der Waals surface area contributed by atoms with Gasteiger partial charge >= 0.3 is 0 Å². The molecule has 0 aromatic carbocycles. The van der Waals surface area contributed by atoms with E-state index in [4.69, 9.17) is 28.4 Å². The molecule has 1 amide bonds. The Morgan fingerprint density at radius 1 is 0.327 bits per heavy atom. The lowest BCUT2D eigenvalue weighted by Gasteiger charge is -2.48. The predicted octanol–water partition coefficient (Wildman–Crippen LogP) is 17.9. The average Bonchev–Trinajstić information content (AvgIpc) is 0.780. The summed E-state index contributed by atoms with van der Waals surface area (Å²) in [5, 5.41) is 121. The van der Waals surface area contributed by atoms with E-state index in [0.717, 1.165) is 77.0 Å². The van der Waals surface area contributed by atoms with Crippen LogP contribution >= 0.6 is 0 Å². The maximum absolute atomic E-state index is 13.5. The second kappa shape index (κ2) is 72.7. The molecule has 3 fully saturated rings. The highest BCUT2D eigenvalue weighted by Gasteiger charge is 2.54. The molecule has 12 N–H and O–H groups in total. The molecule has 113 heavy (non-hydrogen) atoms. The highest BCUT2D eigenvalue weighted by atomic mass is 16.8. The largest absolute Gasteiger partial charge is 0.394 e. The van der Waals surface area contributed by atoms with E-state index in [-0.39, 0.29) is 18.9 Å². The van der Waals surface area contributed by atoms with Crippen LogP contribution in [0.25, 0.3) is 0 Å². The van der Waals surface area contributed by atoms with Crippen LogP contribution in [0.15, 0.2) is 97.2 Å². The molecule has 0 spiro atoms. The Kier molecular flexibility index (Phi) is 66.8. The molecule has 3 heterocycles. The van der Waals surface area contributed by atoms with Gasteiger partial charge in [-0.25, -0.2) is 0 Å². The molecular formula is C94H167NO18. The van der Waals surface area contributed by atoms with Gasteiger partial charge in [0.2, 0.25) is 5.91 Å². The van der Waals surface area contributed by atoms with Crippen LogP contribution in [0.5, 0.6) is 0 Å². The van der Waals surface area contributed by atoms with Crippen molar-refractivity contribution in [3.63, 3.8) is 0 Å². The summed E-state index contributed by atoms with van der Waals surface area (Å²) in [7, 11) is 0. The van der Waals surface area contributed by atoms with Crippen LogP contribution in [-0.4, -0.2) is 193 Å². The number of carbonyl (C=O) groups excluding carboxylic acids is 1. The fourth-order valence-electron chi connectivity index (χ4n) is 15.1. The molecule has 17 atom stereocenters. The SMILES string of the molecule is CC/C=C\C/C=C\C/C=C\C/C=C\C/C=C\C/C=C\CCCCCCCCCCCCCCCCCCCCCCC(=O)NC(COC1OC(CO)C(OC2OC(CO)C(OC3OC(CO)C(O)C(O)C3O)C(O)C2O)C(O)C1O)C(O)/C=C/CC/C=C/CCCCCCCCCCCCCCCCCCCCCCCCC. The molecule has 17 unspecified atom stereocenters. The third-order valence-electron chi connectivity index (χ3n) is 22.4. The summed E-state index contributed by atoms with van der Waals surface area (Å²) in [6, 6.07) is -0.995. The molecule has 19 nitrogen and oxygen atoms in total. The molecule has 3 aliphatic rings. The number of unbranched alkanes of at least 4 members (excludes halogenated alkanes) is 44. The Bertz CT molecular complexity index is 2420. The molecule has 19 heteroatoms. The van der Waals surface area contributed by atoms with Gasteiger partial charge in [0.25, 0.3) is 0 Å². The smallest absolute Gasteiger partial charge is 0.220 e. The van der Waals surface area contributed by atoms with Gasteiger partial charge in [0.15, 0.2) is 18.9 Å². The number of hydrogen-bond acceptors (Lipinski definition) is 18. The van der Waals surface area contributed by atoms with E-state index in [0.29, 0.717) is 12.8 Å². The monoisotopic (exact) mass is 1600 g/mol. The maximum Gasteiger partial charge on any atom is 0.220 e.